The van der Waals surface area contributed by atoms with Crippen molar-refractivity contribution >= 4 is 0 Å². The van der Waals surface area contributed by atoms with Crippen molar-refractivity contribution in [3.8, 4) is 11.1 Å². The molecular weight excluding hydrogens is 318 g/mol. The Kier molecular flexibility index (Phi) is 3.91. The summed E-state index contributed by atoms with van der Waals surface area (Å²) < 4.78 is 30.5. The Morgan fingerprint density at radius 3 is 2.56 bits per heavy atom. The first kappa shape index (κ1) is 16.0. The molecule has 0 radical (unpaired) electrons. The Labute approximate surface area is 146 Å². The van der Waals surface area contributed by atoms with E-state index in [2.05, 4.69) is 15.6 Å². The first-order valence-electron chi connectivity index (χ1n) is 8.63. The van der Waals surface area contributed by atoms with Crippen LogP contribution in [0.4, 0.5) is 8.78 Å². The van der Waals surface area contributed by atoms with Gasteiger partial charge >= 0.3 is 0 Å². The molecule has 0 bridgehead atoms. The molecule has 1 aliphatic heterocycles. The summed E-state index contributed by atoms with van der Waals surface area (Å²) in [5.41, 5.74) is 3.85. The van der Waals surface area contributed by atoms with E-state index < -0.39 is 5.92 Å². The van der Waals surface area contributed by atoms with Crippen molar-refractivity contribution in [1.82, 2.24) is 9.55 Å². The van der Waals surface area contributed by atoms with Gasteiger partial charge < -0.3 is 4.57 Å². The Morgan fingerprint density at radius 2 is 1.76 bits per heavy atom. The second kappa shape index (κ2) is 6.10. The Hall–Kier alpha value is -2.49. The van der Waals surface area contributed by atoms with E-state index in [4.69, 9.17) is 0 Å². The summed E-state index contributed by atoms with van der Waals surface area (Å²) in [6.07, 6.45) is 6.85. The van der Waals surface area contributed by atoms with Crippen molar-refractivity contribution in [1.29, 1.82) is 0 Å². The van der Waals surface area contributed by atoms with Crippen LogP contribution in [0, 0.1) is 0 Å². The highest BCUT2D eigenvalue weighted by Crippen LogP contribution is 2.41. The van der Waals surface area contributed by atoms with E-state index >= 15 is 0 Å². The fourth-order valence-corrected chi connectivity index (χ4v) is 3.86. The Morgan fingerprint density at radius 1 is 1.04 bits per heavy atom. The molecule has 4 heteroatoms. The van der Waals surface area contributed by atoms with Gasteiger partial charge in [-0.15, -0.1) is 0 Å². The average molecular weight is 338 g/mol. The lowest BCUT2D eigenvalue weighted by Gasteiger charge is -2.28. The van der Waals surface area contributed by atoms with Gasteiger partial charge in [0.1, 0.15) is 0 Å². The second-order valence-corrected chi connectivity index (χ2v) is 6.72. The second-order valence-electron chi connectivity index (χ2n) is 6.72. The number of rotatable bonds is 3. The number of alkyl halides is 2. The molecule has 0 N–H and O–H groups in total. The molecule has 2 aromatic carbocycles. The van der Waals surface area contributed by atoms with Crippen molar-refractivity contribution in [2.45, 2.75) is 38.2 Å². The summed E-state index contributed by atoms with van der Waals surface area (Å²) in [5.74, 6) is -2.88. The number of aryl methyl sites for hydroxylation is 1. The van der Waals surface area contributed by atoms with E-state index in [0.717, 1.165) is 37.3 Å². The van der Waals surface area contributed by atoms with E-state index in [9.17, 15) is 8.78 Å². The SMILES string of the molecule is CC(F)(F)c1ccccc1-c1ccccc1C1CCCc2cncn21. The highest BCUT2D eigenvalue weighted by molar-refractivity contribution is 5.72. The third-order valence-corrected chi connectivity index (χ3v) is 5.00. The first-order valence-corrected chi connectivity index (χ1v) is 8.63. The number of fused-ring (bicyclic) bond motifs is 1. The maximum absolute atomic E-state index is 14.1. The molecule has 4 rings (SSSR count). The monoisotopic (exact) mass is 338 g/mol. The summed E-state index contributed by atoms with van der Waals surface area (Å²) in [6.45, 7) is 0.961. The lowest BCUT2D eigenvalue weighted by atomic mass is 9.87. The number of hydrogen-bond donors (Lipinski definition) is 0. The average Bonchev–Trinajstić information content (AvgIpc) is 3.10. The van der Waals surface area contributed by atoms with Gasteiger partial charge in [-0.2, -0.15) is 0 Å². The Balaban J connectivity index is 1.88. The van der Waals surface area contributed by atoms with Crippen molar-refractivity contribution < 1.29 is 8.78 Å². The maximum atomic E-state index is 14.1. The lowest BCUT2D eigenvalue weighted by Crippen LogP contribution is -2.19. The minimum absolute atomic E-state index is 0.0733. The van der Waals surface area contributed by atoms with Crippen LogP contribution in [0.2, 0.25) is 0 Å². The fraction of sp³-hybridized carbons (Fsp3) is 0.286. The highest BCUT2D eigenvalue weighted by atomic mass is 19.3. The highest BCUT2D eigenvalue weighted by Gasteiger charge is 2.30. The molecule has 0 saturated carbocycles. The largest absolute Gasteiger partial charge is 0.327 e. The molecule has 0 amide bonds. The third kappa shape index (κ3) is 2.86. The molecule has 0 fully saturated rings. The zero-order valence-corrected chi connectivity index (χ0v) is 14.1. The third-order valence-electron chi connectivity index (χ3n) is 5.00. The summed E-state index contributed by atoms with van der Waals surface area (Å²) in [7, 11) is 0. The van der Waals surface area contributed by atoms with Crippen molar-refractivity contribution in [2.24, 2.45) is 0 Å². The predicted molar refractivity (Wildman–Crippen MR) is 94.8 cm³/mol. The molecule has 2 nitrogen and oxygen atoms in total. The van der Waals surface area contributed by atoms with Gasteiger partial charge in [-0.3, -0.25) is 0 Å². The summed E-state index contributed by atoms with van der Waals surface area (Å²) in [6, 6.07) is 14.9. The number of imidazole rings is 1. The molecule has 128 valence electrons. The van der Waals surface area contributed by atoms with Gasteiger partial charge in [-0.1, -0.05) is 48.5 Å². The summed E-state index contributed by atoms with van der Waals surface area (Å²) >= 11 is 0. The van der Waals surface area contributed by atoms with E-state index in [0.29, 0.717) is 5.56 Å². The van der Waals surface area contributed by atoms with E-state index in [-0.39, 0.29) is 11.6 Å². The predicted octanol–water partition coefficient (Wildman–Crippen LogP) is 5.59. The molecule has 25 heavy (non-hydrogen) atoms. The van der Waals surface area contributed by atoms with Gasteiger partial charge in [-0.05, 0) is 36.0 Å². The standard InChI is InChI=1S/C21H20F2N2/c1-21(22,23)19-11-5-4-9-17(19)16-8-2-3-10-18(16)20-12-6-7-15-13-24-14-25(15)20/h2-5,8-11,13-14,20H,6-7,12H2,1H3. The molecular formula is C21H20F2N2. The fourth-order valence-electron chi connectivity index (χ4n) is 3.86. The van der Waals surface area contributed by atoms with Gasteiger partial charge in [0.15, 0.2) is 0 Å². The molecule has 0 aliphatic carbocycles. The number of aromatic nitrogens is 2. The summed E-state index contributed by atoms with van der Waals surface area (Å²) in [4.78, 5) is 4.28. The molecule has 3 aromatic rings. The van der Waals surface area contributed by atoms with Crippen LogP contribution in [-0.2, 0) is 12.3 Å². The van der Waals surface area contributed by atoms with Crippen molar-refractivity contribution in [3.05, 3.63) is 77.9 Å². The van der Waals surface area contributed by atoms with E-state index in [1.165, 1.54) is 11.8 Å². The van der Waals surface area contributed by atoms with Gasteiger partial charge in [0, 0.05) is 24.4 Å². The van der Waals surface area contributed by atoms with Crippen LogP contribution in [0.15, 0.2) is 61.1 Å². The quantitative estimate of drug-likeness (QED) is 0.609. The van der Waals surface area contributed by atoms with Crippen LogP contribution in [0.3, 0.4) is 0 Å². The van der Waals surface area contributed by atoms with Crippen molar-refractivity contribution in [2.75, 3.05) is 0 Å². The maximum Gasteiger partial charge on any atom is 0.271 e. The number of halogens is 2. The number of benzene rings is 2. The molecule has 1 unspecified atom stereocenters. The van der Waals surface area contributed by atoms with Crippen molar-refractivity contribution in [3.63, 3.8) is 0 Å². The van der Waals surface area contributed by atoms with Crippen LogP contribution in [0.1, 0.15) is 42.6 Å². The van der Waals surface area contributed by atoms with Crippen LogP contribution in [0.25, 0.3) is 11.1 Å². The lowest BCUT2D eigenvalue weighted by molar-refractivity contribution is 0.0181. The molecule has 2 heterocycles. The van der Waals surface area contributed by atoms with Gasteiger partial charge in [0.25, 0.3) is 5.92 Å². The molecule has 1 aromatic heterocycles. The summed E-state index contributed by atoms with van der Waals surface area (Å²) in [5, 5.41) is 0. The van der Waals surface area contributed by atoms with E-state index in [1.54, 1.807) is 12.1 Å². The topological polar surface area (TPSA) is 17.8 Å². The minimum Gasteiger partial charge on any atom is -0.327 e. The molecule has 1 aliphatic rings. The first-order chi connectivity index (χ1) is 12.1. The Bertz CT molecular complexity index is 893. The van der Waals surface area contributed by atoms with E-state index in [1.807, 2.05) is 36.8 Å². The minimum atomic E-state index is -2.88. The van der Waals surface area contributed by atoms with Crippen LogP contribution in [-0.4, -0.2) is 9.55 Å². The van der Waals surface area contributed by atoms with Crippen LogP contribution >= 0.6 is 0 Å². The van der Waals surface area contributed by atoms with Gasteiger partial charge in [-0.25, -0.2) is 13.8 Å². The zero-order chi connectivity index (χ0) is 17.4. The van der Waals surface area contributed by atoms with Crippen LogP contribution < -0.4 is 0 Å². The molecule has 1 atom stereocenters. The van der Waals surface area contributed by atoms with Crippen LogP contribution in [0.5, 0.6) is 0 Å². The van der Waals surface area contributed by atoms with Gasteiger partial charge in [0.2, 0.25) is 0 Å². The number of nitrogens with zero attached hydrogens (tertiary/aromatic N) is 2. The molecule has 0 saturated heterocycles. The smallest absolute Gasteiger partial charge is 0.271 e. The molecule has 0 spiro atoms. The normalized spacial score (nSPS) is 17.3. The number of hydrogen-bond acceptors (Lipinski definition) is 1. The van der Waals surface area contributed by atoms with Gasteiger partial charge in [0.05, 0.1) is 12.4 Å². The zero-order valence-electron chi connectivity index (χ0n) is 14.1.